The molecule has 0 aliphatic carbocycles. The number of nitrogens with one attached hydrogen (secondary N) is 1. The van der Waals surface area contributed by atoms with Gasteiger partial charge in [-0.05, 0) is 56.2 Å². The van der Waals surface area contributed by atoms with Gasteiger partial charge in [0.05, 0.1) is 23.5 Å². The molecule has 2 rings (SSSR count). The van der Waals surface area contributed by atoms with Crippen LogP contribution in [-0.2, 0) is 21.0 Å². The van der Waals surface area contributed by atoms with Crippen molar-refractivity contribution in [2.75, 3.05) is 17.1 Å². The normalized spacial score (nSPS) is 13.1. The predicted molar refractivity (Wildman–Crippen MR) is 106 cm³/mol. The Morgan fingerprint density at radius 2 is 1.69 bits per heavy atom. The van der Waals surface area contributed by atoms with E-state index < -0.39 is 34.2 Å². The lowest BCUT2D eigenvalue weighted by molar-refractivity contribution is -0.137. The van der Waals surface area contributed by atoms with Crippen LogP contribution in [0.15, 0.2) is 42.5 Å². The minimum Gasteiger partial charge on any atom is -0.348 e. The van der Waals surface area contributed by atoms with Crippen LogP contribution in [0.25, 0.3) is 0 Å². The lowest BCUT2D eigenvalue weighted by Crippen LogP contribution is -2.41. The van der Waals surface area contributed by atoms with Gasteiger partial charge < -0.3 is 5.32 Å². The first-order valence-corrected chi connectivity index (χ1v) is 10.7. The molecule has 1 N–H and O–H groups in total. The Labute approximate surface area is 168 Å². The number of carbonyl (C=O) groups excluding carboxylic acids is 1. The van der Waals surface area contributed by atoms with Crippen molar-refractivity contribution in [1.82, 2.24) is 5.32 Å². The van der Waals surface area contributed by atoms with Gasteiger partial charge in [0.1, 0.15) is 6.54 Å². The predicted octanol–water partition coefficient (Wildman–Crippen LogP) is 3.97. The van der Waals surface area contributed by atoms with Crippen LogP contribution >= 0.6 is 0 Å². The number of amides is 1. The molecule has 0 saturated carbocycles. The van der Waals surface area contributed by atoms with Gasteiger partial charge in [0.25, 0.3) is 0 Å². The van der Waals surface area contributed by atoms with Gasteiger partial charge in [0.15, 0.2) is 0 Å². The van der Waals surface area contributed by atoms with Gasteiger partial charge >= 0.3 is 6.18 Å². The van der Waals surface area contributed by atoms with Gasteiger partial charge in [0, 0.05) is 0 Å². The highest BCUT2D eigenvalue weighted by Crippen LogP contribution is 2.31. The minimum atomic E-state index is -4.53. The van der Waals surface area contributed by atoms with Crippen molar-refractivity contribution >= 4 is 21.6 Å². The van der Waals surface area contributed by atoms with Crippen LogP contribution in [0.1, 0.15) is 35.2 Å². The second-order valence-electron chi connectivity index (χ2n) is 6.96. The Kier molecular flexibility index (Phi) is 6.62. The van der Waals surface area contributed by atoms with Crippen LogP contribution in [0.3, 0.4) is 0 Å². The lowest BCUT2D eigenvalue weighted by Gasteiger charge is -2.24. The van der Waals surface area contributed by atoms with Crippen molar-refractivity contribution < 1.29 is 26.4 Å². The summed E-state index contributed by atoms with van der Waals surface area (Å²) in [5, 5.41) is 2.74. The highest BCUT2D eigenvalue weighted by atomic mass is 32.2. The Hall–Kier alpha value is -2.55. The van der Waals surface area contributed by atoms with E-state index in [0.717, 1.165) is 51.5 Å². The number of anilines is 1. The van der Waals surface area contributed by atoms with E-state index in [1.165, 1.54) is 0 Å². The second kappa shape index (κ2) is 8.44. The fraction of sp³-hybridized carbons (Fsp3) is 0.350. The Morgan fingerprint density at radius 1 is 1.10 bits per heavy atom. The maximum atomic E-state index is 12.7. The average molecular weight is 428 g/mol. The summed E-state index contributed by atoms with van der Waals surface area (Å²) in [5.41, 5.74) is 2.04. The molecule has 29 heavy (non-hydrogen) atoms. The second-order valence-corrected chi connectivity index (χ2v) is 8.87. The Balaban J connectivity index is 2.19. The van der Waals surface area contributed by atoms with Gasteiger partial charge in [0.2, 0.25) is 15.9 Å². The number of carbonyl (C=O) groups is 1. The molecule has 0 aliphatic heterocycles. The summed E-state index contributed by atoms with van der Waals surface area (Å²) < 4.78 is 63.2. The molecule has 2 aromatic carbocycles. The van der Waals surface area contributed by atoms with Gasteiger partial charge in [-0.2, -0.15) is 13.2 Å². The molecule has 2 aromatic rings. The number of sulfonamides is 1. The third-order valence-corrected chi connectivity index (χ3v) is 5.58. The minimum absolute atomic E-state index is 0.0187. The molecule has 0 spiro atoms. The molecule has 0 bridgehead atoms. The maximum absolute atomic E-state index is 12.7. The van der Waals surface area contributed by atoms with E-state index in [1.807, 2.05) is 32.0 Å². The van der Waals surface area contributed by atoms with Gasteiger partial charge in [-0.15, -0.1) is 0 Å². The largest absolute Gasteiger partial charge is 0.416 e. The molecule has 0 heterocycles. The summed E-state index contributed by atoms with van der Waals surface area (Å²) in [4.78, 5) is 12.5. The van der Waals surface area contributed by atoms with Crippen LogP contribution in [0.4, 0.5) is 18.9 Å². The van der Waals surface area contributed by atoms with E-state index in [1.54, 1.807) is 6.92 Å². The molecule has 0 unspecified atom stereocenters. The van der Waals surface area contributed by atoms with Crippen LogP contribution in [-0.4, -0.2) is 27.1 Å². The third kappa shape index (κ3) is 5.96. The zero-order valence-corrected chi connectivity index (χ0v) is 17.4. The first kappa shape index (κ1) is 22.7. The topological polar surface area (TPSA) is 66.5 Å². The smallest absolute Gasteiger partial charge is 0.348 e. The number of benzene rings is 2. The third-order valence-electron chi connectivity index (χ3n) is 4.44. The van der Waals surface area contributed by atoms with Crippen molar-refractivity contribution in [3.63, 3.8) is 0 Å². The van der Waals surface area contributed by atoms with Crippen molar-refractivity contribution in [2.24, 2.45) is 0 Å². The zero-order chi connectivity index (χ0) is 22.0. The monoisotopic (exact) mass is 428 g/mol. The Morgan fingerprint density at radius 3 is 2.17 bits per heavy atom. The molecule has 0 aromatic heterocycles. The summed E-state index contributed by atoms with van der Waals surface area (Å²) in [6.45, 7) is 5.10. The molecule has 158 valence electrons. The molecule has 1 atom stereocenters. The number of aryl methyl sites for hydroxylation is 2. The van der Waals surface area contributed by atoms with E-state index in [4.69, 9.17) is 0 Å². The van der Waals surface area contributed by atoms with Crippen molar-refractivity contribution in [1.29, 1.82) is 0 Å². The van der Waals surface area contributed by atoms with E-state index >= 15 is 0 Å². The quantitative estimate of drug-likeness (QED) is 0.757. The molecule has 9 heteroatoms. The number of nitrogens with zero attached hydrogens (tertiary/aromatic N) is 1. The SMILES string of the molecule is Cc1ccc([C@@H](C)NC(=O)CN(c2ccc(C(F)(F)F)cc2)S(C)(=O)=O)c(C)c1. The molecule has 0 radical (unpaired) electrons. The highest BCUT2D eigenvalue weighted by molar-refractivity contribution is 7.92. The van der Waals surface area contributed by atoms with Crippen molar-refractivity contribution in [3.05, 3.63) is 64.7 Å². The van der Waals surface area contributed by atoms with Gasteiger partial charge in [-0.1, -0.05) is 23.8 Å². The summed E-state index contributed by atoms with van der Waals surface area (Å²) in [6.07, 6.45) is -3.64. The number of alkyl halides is 3. The van der Waals surface area contributed by atoms with Gasteiger partial charge in [-0.3, -0.25) is 9.10 Å². The zero-order valence-electron chi connectivity index (χ0n) is 16.5. The number of hydrogen-bond acceptors (Lipinski definition) is 3. The van der Waals surface area contributed by atoms with Crippen molar-refractivity contribution in [3.8, 4) is 0 Å². The highest BCUT2D eigenvalue weighted by Gasteiger charge is 2.31. The standard InChI is InChI=1S/C20H23F3N2O3S/c1-13-5-10-18(14(2)11-13)15(3)24-19(26)12-25(29(4,27)28)17-8-6-16(7-9-17)20(21,22)23/h5-11,15H,12H2,1-4H3,(H,24,26)/t15-/m1/s1. The fourth-order valence-electron chi connectivity index (χ4n) is 3.02. The van der Waals surface area contributed by atoms with E-state index in [9.17, 15) is 26.4 Å². The summed E-state index contributed by atoms with van der Waals surface area (Å²) in [5.74, 6) is -0.567. The molecule has 0 fully saturated rings. The van der Waals surface area contributed by atoms with Crippen LogP contribution < -0.4 is 9.62 Å². The van der Waals surface area contributed by atoms with Crippen LogP contribution in [0.5, 0.6) is 0 Å². The van der Waals surface area contributed by atoms with Gasteiger partial charge in [-0.25, -0.2) is 8.42 Å². The molecule has 1 amide bonds. The van der Waals surface area contributed by atoms with E-state index in [0.29, 0.717) is 0 Å². The summed E-state index contributed by atoms with van der Waals surface area (Å²) in [7, 11) is -3.88. The Bertz CT molecular complexity index is 987. The number of hydrogen-bond donors (Lipinski definition) is 1. The van der Waals surface area contributed by atoms with E-state index in [-0.39, 0.29) is 11.7 Å². The van der Waals surface area contributed by atoms with Crippen LogP contribution in [0, 0.1) is 13.8 Å². The lowest BCUT2D eigenvalue weighted by atomic mass is 10.0. The first-order valence-electron chi connectivity index (χ1n) is 8.80. The summed E-state index contributed by atoms with van der Waals surface area (Å²) >= 11 is 0. The molecular weight excluding hydrogens is 405 g/mol. The molecule has 0 aliphatic rings. The first-order chi connectivity index (χ1) is 13.3. The fourth-order valence-corrected chi connectivity index (χ4v) is 3.88. The van der Waals surface area contributed by atoms with Crippen molar-refractivity contribution in [2.45, 2.75) is 33.0 Å². The summed E-state index contributed by atoms with van der Waals surface area (Å²) in [6, 6.07) is 9.04. The molecule has 0 saturated heterocycles. The number of halogens is 3. The van der Waals surface area contributed by atoms with E-state index in [2.05, 4.69) is 5.32 Å². The average Bonchev–Trinajstić information content (AvgIpc) is 2.58. The molecular formula is C20H23F3N2O3S. The maximum Gasteiger partial charge on any atom is 0.416 e. The molecule has 5 nitrogen and oxygen atoms in total. The number of rotatable bonds is 6. The van der Waals surface area contributed by atoms with Crippen LogP contribution in [0.2, 0.25) is 0 Å².